The normalized spacial score (nSPS) is 15.6. The van der Waals surface area contributed by atoms with E-state index < -0.39 is 5.97 Å². The Morgan fingerprint density at radius 2 is 1.71 bits per heavy atom. The van der Waals surface area contributed by atoms with E-state index in [1.807, 2.05) is 31.2 Å². The quantitative estimate of drug-likeness (QED) is 0.609. The van der Waals surface area contributed by atoms with Gasteiger partial charge in [-0.2, -0.15) is 0 Å². The molecule has 0 bridgehead atoms. The van der Waals surface area contributed by atoms with Gasteiger partial charge >= 0.3 is 5.97 Å². The Kier molecular flexibility index (Phi) is 6.47. The van der Waals surface area contributed by atoms with E-state index in [0.717, 1.165) is 42.5 Å². The average molecular weight is 381 g/mol. The summed E-state index contributed by atoms with van der Waals surface area (Å²) >= 11 is 0. The maximum absolute atomic E-state index is 13.0. The third-order valence-corrected chi connectivity index (χ3v) is 5.55. The molecule has 0 atom stereocenters. The monoisotopic (exact) mass is 381 g/mol. The highest BCUT2D eigenvalue weighted by Gasteiger charge is 2.33. The van der Waals surface area contributed by atoms with Crippen molar-refractivity contribution in [2.75, 3.05) is 32.1 Å². The molecule has 28 heavy (non-hydrogen) atoms. The van der Waals surface area contributed by atoms with E-state index in [4.69, 9.17) is 4.74 Å². The topological polar surface area (TPSA) is 55.4 Å². The lowest BCUT2D eigenvalue weighted by Gasteiger charge is -2.41. The minimum Gasteiger partial charge on any atom is -0.465 e. The van der Waals surface area contributed by atoms with E-state index in [2.05, 4.69) is 17.4 Å². The molecule has 0 saturated carbocycles. The first-order valence-electron chi connectivity index (χ1n) is 9.90. The number of likely N-dealkylation sites (tertiary alicyclic amines) is 1. The standard InChI is InChI=1S/C23H28N2O3/c1-18-10-9-13-20(23(27)28-2)22(18)24-21(26)17-25(14-7-4-8-15-25)16-19-11-5-3-6-12-19/h3,5-6,9-13H,4,7-8,14-17H2,1-2H3/p+1. The summed E-state index contributed by atoms with van der Waals surface area (Å²) in [4.78, 5) is 25.1. The summed E-state index contributed by atoms with van der Waals surface area (Å²) in [5.41, 5.74) is 3.05. The maximum Gasteiger partial charge on any atom is 0.339 e. The predicted octanol–water partition coefficient (Wildman–Crippen LogP) is 3.92. The van der Waals surface area contributed by atoms with Crippen molar-refractivity contribution in [1.82, 2.24) is 0 Å². The second kappa shape index (κ2) is 9.02. The number of esters is 1. The van der Waals surface area contributed by atoms with Gasteiger partial charge in [-0.3, -0.25) is 4.79 Å². The van der Waals surface area contributed by atoms with Gasteiger partial charge < -0.3 is 14.5 Å². The number of benzene rings is 2. The lowest BCUT2D eigenvalue weighted by molar-refractivity contribution is -0.937. The first kappa shape index (κ1) is 20.1. The molecule has 3 rings (SSSR count). The number of carbonyl (C=O) groups is 2. The van der Waals surface area contributed by atoms with Gasteiger partial charge in [0.2, 0.25) is 0 Å². The first-order chi connectivity index (χ1) is 13.5. The highest BCUT2D eigenvalue weighted by atomic mass is 16.5. The van der Waals surface area contributed by atoms with E-state index in [1.54, 1.807) is 12.1 Å². The zero-order chi connectivity index (χ0) is 20.0. The maximum atomic E-state index is 13.0. The van der Waals surface area contributed by atoms with Crippen LogP contribution in [0.4, 0.5) is 5.69 Å². The lowest BCUT2D eigenvalue weighted by Crippen LogP contribution is -2.54. The van der Waals surface area contributed by atoms with Crippen LogP contribution in [0.5, 0.6) is 0 Å². The summed E-state index contributed by atoms with van der Waals surface area (Å²) in [7, 11) is 1.35. The number of hydrogen-bond donors (Lipinski definition) is 1. The minimum atomic E-state index is -0.440. The number of nitrogens with one attached hydrogen (secondary N) is 1. The minimum absolute atomic E-state index is 0.0581. The van der Waals surface area contributed by atoms with Gasteiger partial charge in [-0.15, -0.1) is 0 Å². The molecule has 0 aromatic heterocycles. The molecule has 1 fully saturated rings. The third-order valence-electron chi connectivity index (χ3n) is 5.55. The molecule has 1 saturated heterocycles. The number of para-hydroxylation sites is 1. The summed E-state index contributed by atoms with van der Waals surface area (Å²) in [5.74, 6) is -0.498. The number of carbonyl (C=O) groups excluding carboxylic acids is 2. The van der Waals surface area contributed by atoms with Crippen molar-refractivity contribution in [3.05, 3.63) is 65.2 Å². The molecular formula is C23H29N2O3+. The number of anilines is 1. The number of hydrogen-bond acceptors (Lipinski definition) is 3. The molecule has 1 N–H and O–H groups in total. The number of rotatable bonds is 6. The molecule has 5 nitrogen and oxygen atoms in total. The summed E-state index contributed by atoms with van der Waals surface area (Å²) in [5, 5.41) is 3.00. The fraction of sp³-hybridized carbons (Fsp3) is 0.391. The van der Waals surface area contributed by atoms with Crippen LogP contribution in [0.25, 0.3) is 0 Å². The molecule has 1 aliphatic heterocycles. The van der Waals surface area contributed by atoms with Crippen LogP contribution < -0.4 is 5.32 Å². The number of piperidine rings is 1. The van der Waals surface area contributed by atoms with Gasteiger partial charge in [-0.25, -0.2) is 4.79 Å². The highest BCUT2D eigenvalue weighted by molar-refractivity contribution is 6.02. The highest BCUT2D eigenvalue weighted by Crippen LogP contribution is 2.25. The van der Waals surface area contributed by atoms with Crippen molar-refractivity contribution >= 4 is 17.6 Å². The second-order valence-corrected chi connectivity index (χ2v) is 7.69. The molecule has 1 heterocycles. The van der Waals surface area contributed by atoms with Crippen molar-refractivity contribution in [2.45, 2.75) is 32.7 Å². The van der Waals surface area contributed by atoms with Crippen molar-refractivity contribution in [2.24, 2.45) is 0 Å². The van der Waals surface area contributed by atoms with Gasteiger partial charge in [0.25, 0.3) is 5.91 Å². The van der Waals surface area contributed by atoms with Crippen molar-refractivity contribution < 1.29 is 18.8 Å². The van der Waals surface area contributed by atoms with Crippen molar-refractivity contribution in [3.8, 4) is 0 Å². The summed E-state index contributed by atoms with van der Waals surface area (Å²) in [6.45, 7) is 5.15. The molecule has 1 amide bonds. The number of methoxy groups -OCH3 is 1. The van der Waals surface area contributed by atoms with Gasteiger partial charge in [0.1, 0.15) is 6.54 Å². The van der Waals surface area contributed by atoms with Crippen molar-refractivity contribution in [1.29, 1.82) is 0 Å². The Labute approximate surface area is 166 Å². The predicted molar refractivity (Wildman–Crippen MR) is 110 cm³/mol. The van der Waals surface area contributed by atoms with E-state index in [-0.39, 0.29) is 5.91 Å². The number of quaternary nitrogens is 1. The van der Waals surface area contributed by atoms with Gasteiger partial charge in [0.15, 0.2) is 6.54 Å². The molecule has 0 spiro atoms. The number of amides is 1. The molecule has 0 aliphatic carbocycles. The second-order valence-electron chi connectivity index (χ2n) is 7.69. The molecule has 5 heteroatoms. The fourth-order valence-corrected chi connectivity index (χ4v) is 4.12. The van der Waals surface area contributed by atoms with Crippen LogP contribution in [0, 0.1) is 6.92 Å². The summed E-state index contributed by atoms with van der Waals surface area (Å²) in [6.07, 6.45) is 3.50. The molecule has 1 aliphatic rings. The molecule has 2 aromatic rings. The average Bonchev–Trinajstić information content (AvgIpc) is 2.70. The molecule has 2 aromatic carbocycles. The third kappa shape index (κ3) is 4.78. The Morgan fingerprint density at radius 3 is 2.39 bits per heavy atom. The lowest BCUT2D eigenvalue weighted by atomic mass is 10.0. The molecular weight excluding hydrogens is 352 g/mol. The molecule has 0 unspecified atom stereocenters. The van der Waals surface area contributed by atoms with Crippen LogP contribution >= 0.6 is 0 Å². The Hall–Kier alpha value is -2.66. The van der Waals surface area contributed by atoms with E-state index in [0.29, 0.717) is 17.8 Å². The smallest absolute Gasteiger partial charge is 0.339 e. The summed E-state index contributed by atoms with van der Waals surface area (Å²) < 4.78 is 5.63. The van der Waals surface area contributed by atoms with Gasteiger partial charge in [0, 0.05) is 5.56 Å². The molecule has 148 valence electrons. The van der Waals surface area contributed by atoms with Crippen LogP contribution in [0.3, 0.4) is 0 Å². The van der Waals surface area contributed by atoms with Crippen LogP contribution in [0.1, 0.15) is 40.7 Å². The summed E-state index contributed by atoms with van der Waals surface area (Å²) in [6, 6.07) is 15.7. The van der Waals surface area contributed by atoms with E-state index in [1.165, 1.54) is 19.1 Å². The van der Waals surface area contributed by atoms with Gasteiger partial charge in [0.05, 0.1) is 31.5 Å². The number of nitrogens with zero attached hydrogens (tertiary/aromatic N) is 1. The van der Waals surface area contributed by atoms with Crippen LogP contribution in [0.15, 0.2) is 48.5 Å². The molecule has 0 radical (unpaired) electrons. The van der Waals surface area contributed by atoms with Crippen LogP contribution in [0.2, 0.25) is 0 Å². The zero-order valence-electron chi connectivity index (χ0n) is 16.7. The zero-order valence-corrected chi connectivity index (χ0v) is 16.7. The largest absolute Gasteiger partial charge is 0.465 e. The van der Waals surface area contributed by atoms with Crippen LogP contribution in [-0.2, 0) is 16.1 Å². The Bertz CT molecular complexity index is 827. The Balaban J connectivity index is 1.79. The van der Waals surface area contributed by atoms with Gasteiger partial charge in [-0.1, -0.05) is 42.5 Å². The van der Waals surface area contributed by atoms with E-state index >= 15 is 0 Å². The SMILES string of the molecule is COC(=O)c1cccc(C)c1NC(=O)C[N+]1(Cc2ccccc2)CCCCC1. The van der Waals surface area contributed by atoms with Crippen LogP contribution in [-0.4, -0.2) is 43.1 Å². The fourth-order valence-electron chi connectivity index (χ4n) is 4.12. The number of ether oxygens (including phenoxy) is 1. The van der Waals surface area contributed by atoms with Crippen molar-refractivity contribution in [3.63, 3.8) is 0 Å². The Morgan fingerprint density at radius 1 is 1.00 bits per heavy atom. The van der Waals surface area contributed by atoms with Gasteiger partial charge in [-0.05, 0) is 37.8 Å². The van der Waals surface area contributed by atoms with E-state index in [9.17, 15) is 9.59 Å². The number of aryl methyl sites for hydroxylation is 1. The first-order valence-corrected chi connectivity index (χ1v) is 9.90.